The summed E-state index contributed by atoms with van der Waals surface area (Å²) in [6.07, 6.45) is 0. The highest BCUT2D eigenvalue weighted by atomic mass is 15.3. The van der Waals surface area contributed by atoms with Crippen LogP contribution in [0.15, 0.2) is 30.3 Å². The van der Waals surface area contributed by atoms with Crippen LogP contribution in [0, 0.1) is 6.92 Å². The lowest BCUT2D eigenvalue weighted by molar-refractivity contribution is 0.706. The number of hydrogen-bond donors (Lipinski definition) is 1. The molecule has 0 unspecified atom stereocenters. The van der Waals surface area contributed by atoms with Crippen molar-refractivity contribution in [1.29, 1.82) is 0 Å². The predicted octanol–water partition coefficient (Wildman–Crippen LogP) is 1.85. The minimum absolute atomic E-state index is 0.515. The third kappa shape index (κ3) is 1.66. The monoisotopic (exact) mass is 201 g/mol. The van der Waals surface area contributed by atoms with Crippen molar-refractivity contribution in [2.75, 3.05) is 0 Å². The van der Waals surface area contributed by atoms with E-state index in [0.29, 0.717) is 6.54 Å². The Hall–Kier alpha value is -1.61. The van der Waals surface area contributed by atoms with Gasteiger partial charge in [-0.25, -0.2) is 0 Å². The summed E-state index contributed by atoms with van der Waals surface area (Å²) in [7, 11) is 1.93. The van der Waals surface area contributed by atoms with Gasteiger partial charge in [-0.05, 0) is 12.5 Å². The fourth-order valence-electron chi connectivity index (χ4n) is 1.92. The molecule has 0 aliphatic carbocycles. The first-order chi connectivity index (χ1) is 7.24. The molecule has 2 N–H and O–H groups in total. The second-order valence-corrected chi connectivity index (χ2v) is 3.60. The molecular formula is C12H15N3. The maximum atomic E-state index is 5.74. The van der Waals surface area contributed by atoms with Crippen LogP contribution in [0.3, 0.4) is 0 Å². The highest BCUT2D eigenvalue weighted by Crippen LogP contribution is 2.26. The van der Waals surface area contributed by atoms with E-state index < -0.39 is 0 Å². The van der Waals surface area contributed by atoms with Gasteiger partial charge in [-0.2, -0.15) is 5.10 Å². The molecule has 0 aliphatic rings. The minimum Gasteiger partial charge on any atom is -0.325 e. The second-order valence-electron chi connectivity index (χ2n) is 3.60. The van der Waals surface area contributed by atoms with Gasteiger partial charge in [0.1, 0.15) is 0 Å². The largest absolute Gasteiger partial charge is 0.325 e. The van der Waals surface area contributed by atoms with Crippen molar-refractivity contribution in [2.45, 2.75) is 13.5 Å². The lowest BCUT2D eigenvalue weighted by Gasteiger charge is -2.03. The zero-order chi connectivity index (χ0) is 10.8. The van der Waals surface area contributed by atoms with Crippen LogP contribution in [0.5, 0.6) is 0 Å². The van der Waals surface area contributed by atoms with E-state index in [9.17, 15) is 0 Å². The normalized spacial score (nSPS) is 10.6. The number of aryl methyl sites for hydroxylation is 2. The van der Waals surface area contributed by atoms with Crippen molar-refractivity contribution < 1.29 is 0 Å². The lowest BCUT2D eigenvalue weighted by Crippen LogP contribution is -2.05. The first kappa shape index (κ1) is 9.93. The molecule has 0 saturated carbocycles. The minimum atomic E-state index is 0.515. The lowest BCUT2D eigenvalue weighted by atomic mass is 10.0. The van der Waals surface area contributed by atoms with Crippen LogP contribution >= 0.6 is 0 Å². The van der Waals surface area contributed by atoms with Gasteiger partial charge in [0.05, 0.1) is 11.4 Å². The molecule has 1 aromatic heterocycles. The molecule has 1 aromatic carbocycles. The van der Waals surface area contributed by atoms with Crippen LogP contribution < -0.4 is 5.73 Å². The van der Waals surface area contributed by atoms with Gasteiger partial charge < -0.3 is 5.73 Å². The van der Waals surface area contributed by atoms with Crippen LogP contribution in [0.4, 0.5) is 0 Å². The molecule has 0 saturated heterocycles. The second kappa shape index (κ2) is 3.87. The zero-order valence-corrected chi connectivity index (χ0v) is 9.07. The van der Waals surface area contributed by atoms with Crippen LogP contribution in [-0.4, -0.2) is 9.78 Å². The molecule has 0 bridgehead atoms. The summed E-state index contributed by atoms with van der Waals surface area (Å²) < 4.78 is 1.86. The average Bonchev–Trinajstić information content (AvgIpc) is 2.54. The maximum absolute atomic E-state index is 5.74. The summed E-state index contributed by atoms with van der Waals surface area (Å²) in [5, 5.41) is 4.39. The van der Waals surface area contributed by atoms with E-state index >= 15 is 0 Å². The van der Waals surface area contributed by atoms with E-state index in [4.69, 9.17) is 5.73 Å². The first-order valence-electron chi connectivity index (χ1n) is 5.02. The Bertz CT molecular complexity index is 457. The van der Waals surface area contributed by atoms with Crippen molar-refractivity contribution in [3.05, 3.63) is 41.7 Å². The van der Waals surface area contributed by atoms with Crippen molar-refractivity contribution in [3.8, 4) is 11.1 Å². The highest BCUT2D eigenvalue weighted by Gasteiger charge is 2.12. The molecule has 2 aromatic rings. The molecule has 0 atom stereocenters. The van der Waals surface area contributed by atoms with Crippen LogP contribution in [0.25, 0.3) is 11.1 Å². The fourth-order valence-corrected chi connectivity index (χ4v) is 1.92. The standard InChI is InChI=1S/C12H15N3/c1-9-12(10-6-4-3-5-7-10)11(8-13)15(2)14-9/h3-7H,8,13H2,1-2H3. The zero-order valence-electron chi connectivity index (χ0n) is 9.07. The van der Waals surface area contributed by atoms with Gasteiger partial charge >= 0.3 is 0 Å². The van der Waals surface area contributed by atoms with Gasteiger partial charge in [-0.1, -0.05) is 30.3 Å². The Morgan fingerprint density at radius 1 is 1.27 bits per heavy atom. The average molecular weight is 201 g/mol. The van der Waals surface area contributed by atoms with E-state index in [-0.39, 0.29) is 0 Å². The molecule has 3 heteroatoms. The van der Waals surface area contributed by atoms with E-state index in [0.717, 1.165) is 11.4 Å². The summed E-state index contributed by atoms with van der Waals surface area (Å²) in [6, 6.07) is 10.2. The molecule has 2 rings (SSSR count). The Labute approximate surface area is 89.5 Å². The Balaban J connectivity index is 2.62. The Morgan fingerprint density at radius 2 is 1.93 bits per heavy atom. The quantitative estimate of drug-likeness (QED) is 0.806. The SMILES string of the molecule is Cc1nn(C)c(CN)c1-c1ccccc1. The number of aromatic nitrogens is 2. The molecule has 0 amide bonds. The molecule has 0 radical (unpaired) electrons. The van der Waals surface area contributed by atoms with E-state index in [1.807, 2.05) is 36.9 Å². The van der Waals surface area contributed by atoms with Crippen molar-refractivity contribution >= 4 is 0 Å². The summed E-state index contributed by atoms with van der Waals surface area (Å²) in [6.45, 7) is 2.53. The van der Waals surface area contributed by atoms with Gasteiger partial charge in [-0.3, -0.25) is 4.68 Å². The van der Waals surface area contributed by atoms with E-state index in [2.05, 4.69) is 17.2 Å². The van der Waals surface area contributed by atoms with E-state index in [1.54, 1.807) is 0 Å². The van der Waals surface area contributed by atoms with Crippen LogP contribution in [0.1, 0.15) is 11.4 Å². The first-order valence-corrected chi connectivity index (χ1v) is 5.02. The third-order valence-electron chi connectivity index (χ3n) is 2.60. The predicted molar refractivity (Wildman–Crippen MR) is 61.3 cm³/mol. The Kier molecular flexibility index (Phi) is 2.56. The van der Waals surface area contributed by atoms with Gasteiger partial charge in [0.15, 0.2) is 0 Å². The van der Waals surface area contributed by atoms with Gasteiger partial charge in [-0.15, -0.1) is 0 Å². The van der Waals surface area contributed by atoms with Gasteiger partial charge in [0.25, 0.3) is 0 Å². The summed E-state index contributed by atoms with van der Waals surface area (Å²) in [4.78, 5) is 0. The number of benzene rings is 1. The molecular weight excluding hydrogens is 186 g/mol. The summed E-state index contributed by atoms with van der Waals surface area (Å²) in [5.41, 5.74) is 10.2. The van der Waals surface area contributed by atoms with Crippen molar-refractivity contribution in [3.63, 3.8) is 0 Å². The van der Waals surface area contributed by atoms with E-state index in [1.165, 1.54) is 11.1 Å². The van der Waals surface area contributed by atoms with Crippen LogP contribution in [-0.2, 0) is 13.6 Å². The van der Waals surface area contributed by atoms with Gasteiger partial charge in [0.2, 0.25) is 0 Å². The Morgan fingerprint density at radius 3 is 2.53 bits per heavy atom. The number of rotatable bonds is 2. The van der Waals surface area contributed by atoms with Gasteiger partial charge in [0, 0.05) is 19.2 Å². The third-order valence-corrected chi connectivity index (χ3v) is 2.60. The number of hydrogen-bond acceptors (Lipinski definition) is 2. The molecule has 0 spiro atoms. The molecule has 3 nitrogen and oxygen atoms in total. The highest BCUT2D eigenvalue weighted by molar-refractivity contribution is 5.68. The summed E-state index contributed by atoms with van der Waals surface area (Å²) in [5.74, 6) is 0. The van der Waals surface area contributed by atoms with Crippen molar-refractivity contribution in [2.24, 2.45) is 12.8 Å². The smallest absolute Gasteiger partial charge is 0.0675 e. The molecule has 0 fully saturated rings. The molecule has 1 heterocycles. The molecule has 15 heavy (non-hydrogen) atoms. The number of nitrogens with zero attached hydrogens (tertiary/aromatic N) is 2. The summed E-state index contributed by atoms with van der Waals surface area (Å²) >= 11 is 0. The van der Waals surface area contributed by atoms with Crippen LogP contribution in [0.2, 0.25) is 0 Å². The maximum Gasteiger partial charge on any atom is 0.0675 e. The van der Waals surface area contributed by atoms with Crippen molar-refractivity contribution in [1.82, 2.24) is 9.78 Å². The topological polar surface area (TPSA) is 43.8 Å². The number of nitrogens with two attached hydrogens (primary N) is 1. The molecule has 0 aliphatic heterocycles. The fraction of sp³-hybridized carbons (Fsp3) is 0.250. The molecule has 78 valence electrons.